The van der Waals surface area contributed by atoms with Crippen molar-refractivity contribution in [2.45, 2.75) is 12.8 Å². The lowest BCUT2D eigenvalue weighted by Gasteiger charge is -2.14. The molecule has 0 saturated heterocycles. The summed E-state index contributed by atoms with van der Waals surface area (Å²) in [6.45, 7) is -0.00209. The second-order valence-electron chi connectivity index (χ2n) is 6.73. The Bertz CT molecular complexity index is 1270. The van der Waals surface area contributed by atoms with Crippen LogP contribution < -0.4 is 0 Å². The third-order valence-electron chi connectivity index (χ3n) is 4.96. The van der Waals surface area contributed by atoms with Crippen molar-refractivity contribution < 1.29 is 22.7 Å². The van der Waals surface area contributed by atoms with Gasteiger partial charge in [-0.3, -0.25) is 0 Å². The van der Waals surface area contributed by atoms with Crippen LogP contribution in [0.5, 0.6) is 0 Å². The molecule has 29 heavy (non-hydrogen) atoms. The predicted molar refractivity (Wildman–Crippen MR) is 101 cm³/mol. The van der Waals surface area contributed by atoms with Crippen molar-refractivity contribution in [3.8, 4) is 16.9 Å². The average molecular weight is 394 g/mol. The van der Waals surface area contributed by atoms with Crippen molar-refractivity contribution in [3.63, 3.8) is 0 Å². The summed E-state index contributed by atoms with van der Waals surface area (Å²) >= 11 is 0. The van der Waals surface area contributed by atoms with Gasteiger partial charge in [-0.05, 0) is 29.0 Å². The molecule has 0 unspecified atom stereocenters. The first kappa shape index (κ1) is 17.5. The molecule has 0 N–H and O–H groups in total. The lowest BCUT2D eigenvalue weighted by Crippen LogP contribution is -2.08. The van der Waals surface area contributed by atoms with Crippen molar-refractivity contribution in [1.29, 1.82) is 0 Å². The Kier molecular flexibility index (Phi) is 3.74. The van der Waals surface area contributed by atoms with Gasteiger partial charge in [-0.2, -0.15) is 18.3 Å². The van der Waals surface area contributed by atoms with E-state index in [2.05, 4.69) is 5.10 Å². The maximum atomic E-state index is 13.2. The number of fused-ring (bicyclic) bond motifs is 2. The van der Waals surface area contributed by atoms with E-state index in [9.17, 15) is 18.0 Å². The minimum absolute atomic E-state index is 0.00209. The third kappa shape index (κ3) is 2.77. The zero-order valence-corrected chi connectivity index (χ0v) is 14.9. The van der Waals surface area contributed by atoms with Crippen molar-refractivity contribution in [2.24, 2.45) is 0 Å². The second-order valence-corrected chi connectivity index (χ2v) is 6.73. The van der Waals surface area contributed by atoms with Gasteiger partial charge in [0, 0.05) is 5.56 Å². The molecular formula is C22H13F3N2O2. The summed E-state index contributed by atoms with van der Waals surface area (Å²) in [6.07, 6.45) is -4.48. The number of carbonyl (C=O) groups is 1. The molecule has 0 saturated carbocycles. The van der Waals surface area contributed by atoms with Gasteiger partial charge in [0.25, 0.3) is 0 Å². The van der Waals surface area contributed by atoms with Crippen LogP contribution in [0, 0.1) is 0 Å². The lowest BCUT2D eigenvalue weighted by atomic mass is 9.99. The number of hydrogen-bond donors (Lipinski definition) is 0. The first-order valence-corrected chi connectivity index (χ1v) is 8.88. The Morgan fingerprint density at radius 3 is 2.55 bits per heavy atom. The number of cyclic esters (lactones) is 1. The smallest absolute Gasteiger partial charge is 0.416 e. The number of carbonyl (C=O) groups excluding carboxylic acids is 1. The number of aromatic nitrogens is 2. The zero-order valence-electron chi connectivity index (χ0n) is 14.9. The zero-order chi connectivity index (χ0) is 20.2. The standard InChI is InChI=1S/C22H13F3N2O2/c23-22(24,25)14-7-4-8-15(11-14)27-20(19-18(26-27)12-29-21(19)28)17-10-3-6-13-5-1-2-9-16(13)17/h1-11H,12H2. The molecule has 144 valence electrons. The molecule has 1 aromatic heterocycles. The maximum Gasteiger partial charge on any atom is 0.416 e. The van der Waals surface area contributed by atoms with Crippen molar-refractivity contribution >= 4 is 16.7 Å². The Labute approximate surface area is 163 Å². The van der Waals surface area contributed by atoms with Gasteiger partial charge in [0.1, 0.15) is 17.9 Å². The van der Waals surface area contributed by atoms with E-state index in [1.807, 2.05) is 42.5 Å². The number of halogens is 3. The highest BCUT2D eigenvalue weighted by Crippen LogP contribution is 2.38. The first-order valence-electron chi connectivity index (χ1n) is 8.88. The molecule has 2 heterocycles. The van der Waals surface area contributed by atoms with Crippen molar-refractivity contribution in [1.82, 2.24) is 9.78 Å². The van der Waals surface area contributed by atoms with Gasteiger partial charge >= 0.3 is 12.1 Å². The minimum atomic E-state index is -4.48. The van der Waals surface area contributed by atoms with Gasteiger partial charge in [0.2, 0.25) is 0 Å². The monoisotopic (exact) mass is 394 g/mol. The van der Waals surface area contributed by atoms with Crippen LogP contribution in [0.3, 0.4) is 0 Å². The van der Waals surface area contributed by atoms with Crippen LogP contribution in [-0.4, -0.2) is 15.7 Å². The lowest BCUT2D eigenvalue weighted by molar-refractivity contribution is -0.137. The van der Waals surface area contributed by atoms with Crippen molar-refractivity contribution in [3.05, 3.63) is 83.6 Å². The van der Waals surface area contributed by atoms with Gasteiger partial charge in [0.05, 0.1) is 16.9 Å². The van der Waals surface area contributed by atoms with Crippen LogP contribution in [0.2, 0.25) is 0 Å². The molecule has 1 aliphatic rings. The Morgan fingerprint density at radius 2 is 1.72 bits per heavy atom. The van der Waals surface area contributed by atoms with Gasteiger partial charge < -0.3 is 4.74 Å². The number of rotatable bonds is 2. The molecule has 4 nitrogen and oxygen atoms in total. The molecule has 1 aliphatic heterocycles. The summed E-state index contributed by atoms with van der Waals surface area (Å²) < 4.78 is 46.2. The maximum absolute atomic E-state index is 13.2. The van der Waals surface area contributed by atoms with Gasteiger partial charge in [-0.15, -0.1) is 0 Å². The highest BCUT2D eigenvalue weighted by molar-refractivity contribution is 6.05. The van der Waals surface area contributed by atoms with E-state index in [0.29, 0.717) is 22.5 Å². The van der Waals surface area contributed by atoms with Gasteiger partial charge in [-0.1, -0.05) is 48.5 Å². The van der Waals surface area contributed by atoms with Crippen LogP contribution in [0.25, 0.3) is 27.7 Å². The minimum Gasteiger partial charge on any atom is -0.455 e. The highest BCUT2D eigenvalue weighted by atomic mass is 19.4. The average Bonchev–Trinajstić information content (AvgIpc) is 3.27. The van der Waals surface area contributed by atoms with E-state index in [-0.39, 0.29) is 12.3 Å². The fraction of sp³-hybridized carbons (Fsp3) is 0.0909. The second kappa shape index (κ2) is 6.20. The number of nitrogens with zero attached hydrogens (tertiary/aromatic N) is 2. The summed E-state index contributed by atoms with van der Waals surface area (Å²) in [6, 6.07) is 18.1. The van der Waals surface area contributed by atoms with E-state index < -0.39 is 17.7 Å². The molecule has 3 aromatic carbocycles. The molecule has 0 radical (unpaired) electrons. The van der Waals surface area contributed by atoms with E-state index in [1.54, 1.807) is 0 Å². The predicted octanol–water partition coefficient (Wildman–Crippen LogP) is 5.38. The molecule has 0 spiro atoms. The Morgan fingerprint density at radius 1 is 0.966 bits per heavy atom. The van der Waals surface area contributed by atoms with E-state index >= 15 is 0 Å². The summed E-state index contributed by atoms with van der Waals surface area (Å²) in [7, 11) is 0. The molecule has 0 aliphatic carbocycles. The largest absolute Gasteiger partial charge is 0.455 e. The molecule has 7 heteroatoms. The molecule has 4 aromatic rings. The Balaban J connectivity index is 1.82. The van der Waals surface area contributed by atoms with Crippen LogP contribution in [0.1, 0.15) is 21.6 Å². The van der Waals surface area contributed by atoms with Crippen LogP contribution in [-0.2, 0) is 17.5 Å². The fourth-order valence-electron chi connectivity index (χ4n) is 3.67. The van der Waals surface area contributed by atoms with Crippen LogP contribution >= 0.6 is 0 Å². The number of benzene rings is 3. The number of ether oxygens (including phenoxy) is 1. The normalized spacial score (nSPS) is 13.6. The number of hydrogen-bond acceptors (Lipinski definition) is 3. The summed E-state index contributed by atoms with van der Waals surface area (Å²) in [4.78, 5) is 12.4. The molecule has 0 fully saturated rings. The Hall–Kier alpha value is -3.61. The van der Waals surface area contributed by atoms with Gasteiger partial charge in [-0.25, -0.2) is 9.48 Å². The van der Waals surface area contributed by atoms with E-state index in [1.165, 1.54) is 16.8 Å². The molecule has 5 rings (SSSR count). The van der Waals surface area contributed by atoms with Crippen LogP contribution in [0.15, 0.2) is 66.7 Å². The first-order chi connectivity index (χ1) is 13.9. The molecule has 0 atom stereocenters. The summed E-state index contributed by atoms with van der Waals surface area (Å²) in [5, 5.41) is 6.23. The highest BCUT2D eigenvalue weighted by Gasteiger charge is 2.34. The SMILES string of the molecule is O=C1OCc2nn(-c3cccc(C(F)(F)F)c3)c(-c3cccc4ccccc34)c21. The summed E-state index contributed by atoms with van der Waals surface area (Å²) in [5.74, 6) is -0.527. The van der Waals surface area contributed by atoms with Gasteiger partial charge in [0.15, 0.2) is 0 Å². The summed E-state index contributed by atoms with van der Waals surface area (Å²) in [5.41, 5.74) is 1.28. The fourth-order valence-corrected chi connectivity index (χ4v) is 3.67. The topological polar surface area (TPSA) is 44.1 Å². The molecule has 0 bridgehead atoms. The third-order valence-corrected chi connectivity index (χ3v) is 4.96. The number of esters is 1. The number of alkyl halides is 3. The molecule has 0 amide bonds. The van der Waals surface area contributed by atoms with E-state index in [4.69, 9.17) is 4.74 Å². The van der Waals surface area contributed by atoms with Crippen molar-refractivity contribution in [2.75, 3.05) is 0 Å². The molecular weight excluding hydrogens is 381 g/mol. The quantitative estimate of drug-likeness (QED) is 0.429. The van der Waals surface area contributed by atoms with Crippen LogP contribution in [0.4, 0.5) is 13.2 Å². The van der Waals surface area contributed by atoms with E-state index in [0.717, 1.165) is 22.9 Å².